The van der Waals surface area contributed by atoms with Gasteiger partial charge in [-0.25, -0.2) is 9.78 Å². The number of imidazole rings is 1. The topological polar surface area (TPSA) is 52.9 Å². The number of benzene rings is 1. The SMILES string of the molecule is O=C1NCC(c2cccc(N3CCCCC3)c2)N1c1ccn2ccnc2c1. The highest BCUT2D eigenvalue weighted by molar-refractivity contribution is 5.95. The zero-order chi connectivity index (χ0) is 18.2. The van der Waals surface area contributed by atoms with Gasteiger partial charge in [-0.1, -0.05) is 12.1 Å². The summed E-state index contributed by atoms with van der Waals surface area (Å²) in [5, 5.41) is 3.00. The highest BCUT2D eigenvalue weighted by atomic mass is 16.2. The van der Waals surface area contributed by atoms with Gasteiger partial charge in [0.1, 0.15) is 5.65 Å². The van der Waals surface area contributed by atoms with Gasteiger partial charge >= 0.3 is 6.03 Å². The highest BCUT2D eigenvalue weighted by Gasteiger charge is 2.33. The Hall–Kier alpha value is -3.02. The van der Waals surface area contributed by atoms with Gasteiger partial charge in [0, 0.05) is 50.0 Å². The van der Waals surface area contributed by atoms with Crippen molar-refractivity contribution < 1.29 is 4.79 Å². The molecule has 27 heavy (non-hydrogen) atoms. The Balaban J connectivity index is 1.48. The minimum absolute atomic E-state index is 0.0142. The van der Waals surface area contributed by atoms with E-state index in [1.165, 1.54) is 30.5 Å². The number of hydrogen-bond donors (Lipinski definition) is 1. The lowest BCUT2D eigenvalue weighted by Gasteiger charge is -2.30. The van der Waals surface area contributed by atoms with E-state index in [1.54, 1.807) is 6.20 Å². The molecule has 4 heterocycles. The number of fused-ring (bicyclic) bond motifs is 1. The fourth-order valence-corrected chi connectivity index (χ4v) is 4.20. The predicted molar refractivity (Wildman–Crippen MR) is 106 cm³/mol. The average Bonchev–Trinajstić information content (AvgIpc) is 3.34. The van der Waals surface area contributed by atoms with Crippen LogP contribution in [0, 0.1) is 0 Å². The normalized spacial score (nSPS) is 20.3. The summed E-state index contributed by atoms with van der Waals surface area (Å²) in [6.07, 6.45) is 9.45. The zero-order valence-corrected chi connectivity index (χ0v) is 15.2. The molecule has 5 rings (SSSR count). The molecule has 1 atom stereocenters. The zero-order valence-electron chi connectivity index (χ0n) is 15.2. The number of amides is 2. The molecule has 0 bridgehead atoms. The lowest BCUT2D eigenvalue weighted by Crippen LogP contribution is -2.31. The Morgan fingerprint density at radius 3 is 2.78 bits per heavy atom. The van der Waals surface area contributed by atoms with Crippen molar-refractivity contribution in [1.82, 2.24) is 14.7 Å². The number of pyridine rings is 1. The van der Waals surface area contributed by atoms with E-state index in [-0.39, 0.29) is 12.1 Å². The second kappa shape index (κ2) is 6.61. The average molecular weight is 361 g/mol. The first-order valence-corrected chi connectivity index (χ1v) is 9.64. The van der Waals surface area contributed by atoms with Crippen molar-refractivity contribution in [2.45, 2.75) is 25.3 Å². The number of hydrogen-bond acceptors (Lipinski definition) is 3. The third-order valence-electron chi connectivity index (χ3n) is 5.61. The molecule has 0 spiro atoms. The molecule has 2 aromatic heterocycles. The summed E-state index contributed by atoms with van der Waals surface area (Å²) in [7, 11) is 0. The molecule has 2 aliphatic heterocycles. The van der Waals surface area contributed by atoms with Crippen LogP contribution >= 0.6 is 0 Å². The van der Waals surface area contributed by atoms with Gasteiger partial charge < -0.3 is 14.6 Å². The summed E-state index contributed by atoms with van der Waals surface area (Å²) in [6, 6.07) is 12.5. The molecule has 3 aromatic rings. The third kappa shape index (κ3) is 2.91. The smallest absolute Gasteiger partial charge is 0.322 e. The molecule has 6 heteroatoms. The van der Waals surface area contributed by atoms with Crippen LogP contribution in [-0.2, 0) is 0 Å². The number of nitrogens with one attached hydrogen (secondary N) is 1. The molecule has 2 fully saturated rings. The van der Waals surface area contributed by atoms with E-state index < -0.39 is 0 Å². The molecule has 0 aliphatic carbocycles. The standard InChI is InChI=1S/C21H23N5O/c27-21-23-15-19(26(21)18-7-11-25-12-8-22-20(25)14-18)16-5-4-6-17(13-16)24-9-2-1-3-10-24/h4-8,11-14,19H,1-3,9-10,15H2,(H,23,27). The van der Waals surface area contributed by atoms with Crippen LogP contribution in [0.4, 0.5) is 16.2 Å². The van der Waals surface area contributed by atoms with Crippen LogP contribution in [-0.4, -0.2) is 35.1 Å². The molecule has 6 nitrogen and oxygen atoms in total. The van der Waals surface area contributed by atoms with Crippen molar-refractivity contribution >= 4 is 23.1 Å². The lowest BCUT2D eigenvalue weighted by molar-refractivity contribution is 0.251. The molecule has 0 radical (unpaired) electrons. The van der Waals surface area contributed by atoms with E-state index in [2.05, 4.69) is 39.5 Å². The summed E-state index contributed by atoms with van der Waals surface area (Å²) in [5.74, 6) is 0. The maximum absolute atomic E-state index is 12.6. The number of carbonyl (C=O) groups is 1. The first kappa shape index (κ1) is 16.2. The second-order valence-electron chi connectivity index (χ2n) is 7.29. The number of nitrogens with zero attached hydrogens (tertiary/aromatic N) is 4. The monoisotopic (exact) mass is 361 g/mol. The second-order valence-corrected chi connectivity index (χ2v) is 7.29. The van der Waals surface area contributed by atoms with Crippen molar-refractivity contribution in [2.75, 3.05) is 29.4 Å². The van der Waals surface area contributed by atoms with Gasteiger partial charge in [-0.2, -0.15) is 0 Å². The van der Waals surface area contributed by atoms with Gasteiger partial charge in [-0.3, -0.25) is 4.90 Å². The van der Waals surface area contributed by atoms with Crippen molar-refractivity contribution in [2.24, 2.45) is 0 Å². The Morgan fingerprint density at radius 2 is 1.89 bits per heavy atom. The molecule has 2 aliphatic rings. The van der Waals surface area contributed by atoms with Crippen LogP contribution in [0.5, 0.6) is 0 Å². The molecule has 2 saturated heterocycles. The number of carbonyl (C=O) groups excluding carboxylic acids is 1. The minimum Gasteiger partial charge on any atom is -0.372 e. The largest absolute Gasteiger partial charge is 0.372 e. The number of anilines is 2. The summed E-state index contributed by atoms with van der Waals surface area (Å²) in [6.45, 7) is 2.85. The summed E-state index contributed by atoms with van der Waals surface area (Å²) in [4.78, 5) is 21.3. The first-order valence-electron chi connectivity index (χ1n) is 9.64. The highest BCUT2D eigenvalue weighted by Crippen LogP contribution is 2.33. The molecular weight excluding hydrogens is 338 g/mol. The number of rotatable bonds is 3. The molecular formula is C21H23N5O. The van der Waals surface area contributed by atoms with Crippen LogP contribution in [0.3, 0.4) is 0 Å². The van der Waals surface area contributed by atoms with Gasteiger partial charge in [0.25, 0.3) is 0 Å². The summed E-state index contributed by atoms with van der Waals surface area (Å²) in [5.41, 5.74) is 4.14. The molecule has 0 saturated carbocycles. The number of aromatic nitrogens is 2. The van der Waals surface area contributed by atoms with Gasteiger partial charge in [-0.05, 0) is 43.0 Å². The van der Waals surface area contributed by atoms with Crippen LogP contribution in [0.1, 0.15) is 30.9 Å². The van der Waals surface area contributed by atoms with Crippen molar-refractivity contribution in [3.05, 3.63) is 60.6 Å². The Morgan fingerprint density at radius 1 is 1.00 bits per heavy atom. The van der Waals surface area contributed by atoms with Crippen molar-refractivity contribution in [3.63, 3.8) is 0 Å². The minimum atomic E-state index is -0.0562. The van der Waals surface area contributed by atoms with Gasteiger partial charge in [0.2, 0.25) is 0 Å². The fourth-order valence-electron chi connectivity index (χ4n) is 4.20. The molecule has 1 N–H and O–H groups in total. The Bertz CT molecular complexity index is 975. The van der Waals surface area contributed by atoms with E-state index >= 15 is 0 Å². The van der Waals surface area contributed by atoms with E-state index in [0.29, 0.717) is 6.54 Å². The van der Waals surface area contributed by atoms with E-state index in [1.807, 2.05) is 33.8 Å². The van der Waals surface area contributed by atoms with Gasteiger partial charge in [-0.15, -0.1) is 0 Å². The van der Waals surface area contributed by atoms with Crippen LogP contribution in [0.25, 0.3) is 5.65 Å². The van der Waals surface area contributed by atoms with Crippen molar-refractivity contribution in [3.8, 4) is 0 Å². The van der Waals surface area contributed by atoms with Gasteiger partial charge in [0.15, 0.2) is 0 Å². The number of piperidine rings is 1. The third-order valence-corrected chi connectivity index (χ3v) is 5.61. The predicted octanol–water partition coefficient (Wildman–Crippen LogP) is 3.60. The van der Waals surface area contributed by atoms with Gasteiger partial charge in [0.05, 0.1) is 11.7 Å². The Labute approximate surface area is 158 Å². The van der Waals surface area contributed by atoms with E-state index in [4.69, 9.17) is 0 Å². The molecule has 1 aromatic carbocycles. The number of urea groups is 1. The summed E-state index contributed by atoms with van der Waals surface area (Å²) < 4.78 is 1.95. The first-order chi connectivity index (χ1) is 13.3. The Kier molecular flexibility index (Phi) is 3.96. The maximum Gasteiger partial charge on any atom is 0.322 e. The van der Waals surface area contributed by atoms with Crippen molar-refractivity contribution in [1.29, 1.82) is 0 Å². The lowest BCUT2D eigenvalue weighted by atomic mass is 10.0. The van der Waals surface area contributed by atoms with Crippen LogP contribution < -0.4 is 15.1 Å². The quantitative estimate of drug-likeness (QED) is 0.776. The molecule has 1 unspecified atom stereocenters. The van der Waals surface area contributed by atoms with E-state index in [0.717, 1.165) is 24.4 Å². The molecule has 2 amide bonds. The van der Waals surface area contributed by atoms with Crippen LogP contribution in [0.2, 0.25) is 0 Å². The van der Waals surface area contributed by atoms with Crippen LogP contribution in [0.15, 0.2) is 55.0 Å². The molecule has 138 valence electrons. The fraction of sp³-hybridized carbons (Fsp3) is 0.333. The van der Waals surface area contributed by atoms with E-state index in [9.17, 15) is 4.79 Å². The summed E-state index contributed by atoms with van der Waals surface area (Å²) >= 11 is 0. The maximum atomic E-state index is 12.6.